The minimum atomic E-state index is 0.139. The van der Waals surface area contributed by atoms with E-state index < -0.39 is 0 Å². The molecule has 2 saturated heterocycles. The van der Waals surface area contributed by atoms with Crippen LogP contribution >= 0.6 is 0 Å². The highest BCUT2D eigenvalue weighted by Gasteiger charge is 2.47. The molecule has 2 fully saturated rings. The molecule has 2 aliphatic rings. The molecule has 0 aromatic carbocycles. The Labute approximate surface area is 104 Å². The van der Waals surface area contributed by atoms with Crippen LogP contribution in [-0.2, 0) is 9.53 Å². The SMILES string of the molecule is COCC(=O)N1CC2(CCCN(C(C)C)C2)C1. The first-order valence-corrected chi connectivity index (χ1v) is 6.57. The van der Waals surface area contributed by atoms with E-state index in [-0.39, 0.29) is 12.5 Å². The molecule has 2 heterocycles. The smallest absolute Gasteiger partial charge is 0.248 e. The fourth-order valence-corrected chi connectivity index (χ4v) is 3.10. The first kappa shape index (κ1) is 12.8. The predicted molar refractivity (Wildman–Crippen MR) is 66.8 cm³/mol. The molecule has 0 aliphatic carbocycles. The molecule has 4 nitrogen and oxygen atoms in total. The maximum absolute atomic E-state index is 11.7. The second-order valence-electron chi connectivity index (χ2n) is 5.85. The molecule has 17 heavy (non-hydrogen) atoms. The molecule has 0 unspecified atom stereocenters. The maximum Gasteiger partial charge on any atom is 0.248 e. The van der Waals surface area contributed by atoms with Gasteiger partial charge in [-0.1, -0.05) is 0 Å². The number of amides is 1. The quantitative estimate of drug-likeness (QED) is 0.737. The number of carbonyl (C=O) groups is 1. The van der Waals surface area contributed by atoms with Crippen molar-refractivity contribution in [2.45, 2.75) is 32.7 Å². The lowest BCUT2D eigenvalue weighted by Gasteiger charge is -2.55. The number of rotatable bonds is 3. The predicted octanol–water partition coefficient (Wildman–Crippen LogP) is 0.966. The van der Waals surface area contributed by atoms with Crippen LogP contribution in [0.1, 0.15) is 26.7 Å². The Bertz CT molecular complexity index is 285. The molecule has 2 rings (SSSR count). The number of nitrogens with zero attached hydrogens (tertiary/aromatic N) is 2. The topological polar surface area (TPSA) is 32.8 Å². The van der Waals surface area contributed by atoms with Crippen LogP contribution in [-0.4, -0.2) is 61.6 Å². The number of methoxy groups -OCH3 is 1. The summed E-state index contributed by atoms with van der Waals surface area (Å²) in [5.41, 5.74) is 0.381. The summed E-state index contributed by atoms with van der Waals surface area (Å²) in [4.78, 5) is 16.1. The van der Waals surface area contributed by atoms with Gasteiger partial charge >= 0.3 is 0 Å². The van der Waals surface area contributed by atoms with Crippen LogP contribution in [0, 0.1) is 5.41 Å². The molecule has 1 spiro atoms. The average Bonchev–Trinajstić information content (AvgIpc) is 2.26. The van der Waals surface area contributed by atoms with Crippen LogP contribution < -0.4 is 0 Å². The lowest BCUT2D eigenvalue weighted by atomic mass is 9.73. The fraction of sp³-hybridized carbons (Fsp3) is 0.923. The van der Waals surface area contributed by atoms with E-state index in [1.54, 1.807) is 7.11 Å². The number of ether oxygens (including phenoxy) is 1. The van der Waals surface area contributed by atoms with E-state index in [2.05, 4.69) is 18.7 Å². The van der Waals surface area contributed by atoms with E-state index in [0.717, 1.165) is 19.6 Å². The number of likely N-dealkylation sites (tertiary alicyclic amines) is 2. The van der Waals surface area contributed by atoms with Gasteiger partial charge in [0.2, 0.25) is 5.91 Å². The molecule has 98 valence electrons. The van der Waals surface area contributed by atoms with Crippen molar-refractivity contribution in [1.82, 2.24) is 9.80 Å². The summed E-state index contributed by atoms with van der Waals surface area (Å²) in [6, 6.07) is 0.621. The van der Waals surface area contributed by atoms with Crippen LogP contribution in [0.5, 0.6) is 0 Å². The van der Waals surface area contributed by atoms with E-state index in [4.69, 9.17) is 4.74 Å². The highest BCUT2D eigenvalue weighted by molar-refractivity contribution is 5.78. The van der Waals surface area contributed by atoms with Gasteiger partial charge in [-0.15, -0.1) is 0 Å². The van der Waals surface area contributed by atoms with Gasteiger partial charge < -0.3 is 14.5 Å². The van der Waals surface area contributed by atoms with Gasteiger partial charge in [0.15, 0.2) is 0 Å². The van der Waals surface area contributed by atoms with Gasteiger partial charge in [-0.05, 0) is 33.2 Å². The highest BCUT2D eigenvalue weighted by atomic mass is 16.5. The average molecular weight is 240 g/mol. The van der Waals surface area contributed by atoms with E-state index >= 15 is 0 Å². The second kappa shape index (κ2) is 4.94. The third kappa shape index (κ3) is 2.63. The normalized spacial score (nSPS) is 24.1. The summed E-state index contributed by atoms with van der Waals surface area (Å²) in [5.74, 6) is 0.139. The fourth-order valence-electron chi connectivity index (χ4n) is 3.10. The summed E-state index contributed by atoms with van der Waals surface area (Å²) >= 11 is 0. The van der Waals surface area contributed by atoms with Gasteiger partial charge in [0.25, 0.3) is 0 Å². The Balaban J connectivity index is 1.85. The Morgan fingerprint density at radius 1 is 1.35 bits per heavy atom. The molecular weight excluding hydrogens is 216 g/mol. The summed E-state index contributed by atoms with van der Waals surface area (Å²) in [6.45, 7) is 8.96. The number of hydrogen-bond donors (Lipinski definition) is 0. The van der Waals surface area contributed by atoms with Crippen LogP contribution in [0.3, 0.4) is 0 Å². The Morgan fingerprint density at radius 3 is 2.65 bits per heavy atom. The van der Waals surface area contributed by atoms with Crippen molar-refractivity contribution in [2.75, 3.05) is 39.9 Å². The minimum absolute atomic E-state index is 0.139. The molecule has 2 aliphatic heterocycles. The number of hydrogen-bond acceptors (Lipinski definition) is 3. The van der Waals surface area contributed by atoms with Crippen molar-refractivity contribution in [2.24, 2.45) is 5.41 Å². The molecular formula is C13H24N2O2. The Morgan fingerprint density at radius 2 is 2.06 bits per heavy atom. The summed E-state index contributed by atoms with van der Waals surface area (Å²) < 4.78 is 4.89. The standard InChI is InChI=1S/C13H24N2O2/c1-11(2)14-6-4-5-13(8-14)9-15(10-13)12(16)7-17-3/h11H,4-10H2,1-3H3. The zero-order chi connectivity index (χ0) is 12.5. The summed E-state index contributed by atoms with van der Waals surface area (Å²) in [7, 11) is 1.58. The second-order valence-corrected chi connectivity index (χ2v) is 5.85. The van der Waals surface area contributed by atoms with Crippen molar-refractivity contribution < 1.29 is 9.53 Å². The van der Waals surface area contributed by atoms with E-state index in [0.29, 0.717) is 11.5 Å². The van der Waals surface area contributed by atoms with Crippen LogP contribution in [0.2, 0.25) is 0 Å². The molecule has 0 saturated carbocycles. The van der Waals surface area contributed by atoms with Crippen LogP contribution in [0.15, 0.2) is 0 Å². The molecule has 0 N–H and O–H groups in total. The van der Waals surface area contributed by atoms with Crippen molar-refractivity contribution >= 4 is 5.91 Å². The monoisotopic (exact) mass is 240 g/mol. The summed E-state index contributed by atoms with van der Waals surface area (Å²) in [6.07, 6.45) is 2.54. The molecule has 4 heteroatoms. The number of carbonyl (C=O) groups excluding carboxylic acids is 1. The van der Waals surface area contributed by atoms with Crippen molar-refractivity contribution in [1.29, 1.82) is 0 Å². The minimum Gasteiger partial charge on any atom is -0.375 e. The van der Waals surface area contributed by atoms with Gasteiger partial charge in [0, 0.05) is 38.2 Å². The maximum atomic E-state index is 11.7. The van der Waals surface area contributed by atoms with Gasteiger partial charge in [-0.25, -0.2) is 0 Å². The zero-order valence-electron chi connectivity index (χ0n) is 11.2. The molecule has 1 amide bonds. The zero-order valence-corrected chi connectivity index (χ0v) is 11.2. The van der Waals surface area contributed by atoms with E-state index in [1.807, 2.05) is 4.90 Å². The third-order valence-corrected chi connectivity index (χ3v) is 4.09. The first-order chi connectivity index (χ1) is 8.06. The van der Waals surface area contributed by atoms with E-state index in [9.17, 15) is 4.79 Å². The van der Waals surface area contributed by atoms with Crippen molar-refractivity contribution in [3.8, 4) is 0 Å². The number of piperidine rings is 1. The molecule has 0 atom stereocenters. The van der Waals surface area contributed by atoms with Crippen LogP contribution in [0.4, 0.5) is 0 Å². The van der Waals surface area contributed by atoms with Gasteiger partial charge in [-0.3, -0.25) is 4.79 Å². The molecule has 0 radical (unpaired) electrons. The summed E-state index contributed by atoms with van der Waals surface area (Å²) in [5, 5.41) is 0. The molecule has 0 aromatic rings. The highest BCUT2D eigenvalue weighted by Crippen LogP contribution is 2.39. The van der Waals surface area contributed by atoms with Gasteiger partial charge in [-0.2, -0.15) is 0 Å². The third-order valence-electron chi connectivity index (χ3n) is 4.09. The molecule has 0 bridgehead atoms. The van der Waals surface area contributed by atoms with Gasteiger partial charge in [0.05, 0.1) is 0 Å². The lowest BCUT2D eigenvalue weighted by Crippen LogP contribution is -2.65. The Kier molecular flexibility index (Phi) is 3.73. The largest absolute Gasteiger partial charge is 0.375 e. The lowest BCUT2D eigenvalue weighted by molar-refractivity contribution is -0.151. The van der Waals surface area contributed by atoms with Gasteiger partial charge in [0.1, 0.15) is 6.61 Å². The van der Waals surface area contributed by atoms with Crippen LogP contribution in [0.25, 0.3) is 0 Å². The molecule has 0 aromatic heterocycles. The van der Waals surface area contributed by atoms with Crippen molar-refractivity contribution in [3.05, 3.63) is 0 Å². The Hall–Kier alpha value is -0.610. The first-order valence-electron chi connectivity index (χ1n) is 6.57. The van der Waals surface area contributed by atoms with E-state index in [1.165, 1.54) is 19.4 Å². The van der Waals surface area contributed by atoms with Crippen molar-refractivity contribution in [3.63, 3.8) is 0 Å².